The first-order valence-electron chi connectivity index (χ1n) is 14.4. The molecule has 4 fully saturated rings. The molecule has 1 amide bonds. The lowest BCUT2D eigenvalue weighted by molar-refractivity contribution is -0.108. The molecule has 2 saturated heterocycles. The van der Waals surface area contributed by atoms with Crippen LogP contribution in [0.1, 0.15) is 77.7 Å². The summed E-state index contributed by atoms with van der Waals surface area (Å²) in [6.45, 7) is 9.06. The molecule has 37 heavy (non-hydrogen) atoms. The molecule has 4 aliphatic rings. The minimum Gasteiger partial charge on any atom is -0.444 e. The summed E-state index contributed by atoms with van der Waals surface area (Å²) in [4.78, 5) is 21.7. The van der Waals surface area contributed by atoms with Gasteiger partial charge in [-0.15, -0.1) is 0 Å². The summed E-state index contributed by atoms with van der Waals surface area (Å²) in [5.41, 5.74) is 1.01. The van der Waals surface area contributed by atoms with Gasteiger partial charge in [0.25, 0.3) is 0 Å². The monoisotopic (exact) mass is 512 g/mol. The summed E-state index contributed by atoms with van der Waals surface area (Å²) in [5.74, 6) is 0.732. The van der Waals surface area contributed by atoms with Gasteiger partial charge in [0.05, 0.1) is 0 Å². The fourth-order valence-corrected chi connectivity index (χ4v) is 7.14. The molecule has 1 aromatic carbocycles. The number of aliphatic hydroxyl groups is 1. The molecule has 1 atom stereocenters. The highest BCUT2D eigenvalue weighted by Crippen LogP contribution is 2.51. The Morgan fingerprint density at radius 3 is 2.19 bits per heavy atom. The van der Waals surface area contributed by atoms with Crippen LogP contribution in [0.25, 0.3) is 0 Å². The molecule has 2 saturated carbocycles. The molecular weight excluding hydrogens is 464 g/mol. The number of benzene rings is 1. The summed E-state index contributed by atoms with van der Waals surface area (Å²) >= 11 is 0. The number of rotatable bonds is 5. The minimum atomic E-state index is -0.526. The maximum absolute atomic E-state index is 12.6. The first-order chi connectivity index (χ1) is 17.5. The van der Waals surface area contributed by atoms with Gasteiger partial charge in [0.1, 0.15) is 5.60 Å². The van der Waals surface area contributed by atoms with Crippen LogP contribution in [0.4, 0.5) is 4.79 Å². The van der Waals surface area contributed by atoms with Crippen molar-refractivity contribution in [3.8, 4) is 0 Å². The third-order valence-electron chi connectivity index (χ3n) is 9.57. The van der Waals surface area contributed by atoms with Crippen molar-refractivity contribution in [2.24, 2.45) is 5.92 Å². The largest absolute Gasteiger partial charge is 0.444 e. The number of carbonyl (C=O) groups is 1. The van der Waals surface area contributed by atoms with E-state index in [1.54, 1.807) is 0 Å². The van der Waals surface area contributed by atoms with Gasteiger partial charge in [0, 0.05) is 43.3 Å². The SMILES string of the molecule is CN(C)[C@]1(c2ccccc2)CC[C@]2(CC1)CN(C1CCN(C(=O)OC(C)(C)C)CC1)C(O)N2CC1CC1. The van der Waals surface area contributed by atoms with Gasteiger partial charge in [-0.25, -0.2) is 4.79 Å². The fourth-order valence-electron chi connectivity index (χ4n) is 7.14. The van der Waals surface area contributed by atoms with Gasteiger partial charge in [0.15, 0.2) is 6.35 Å². The third-order valence-corrected chi connectivity index (χ3v) is 9.57. The predicted octanol–water partition coefficient (Wildman–Crippen LogP) is 4.46. The number of hydrogen-bond donors (Lipinski definition) is 1. The summed E-state index contributed by atoms with van der Waals surface area (Å²) in [6, 6.07) is 11.3. The Labute approximate surface area is 223 Å². The number of nitrogens with zero attached hydrogens (tertiary/aromatic N) is 4. The van der Waals surface area contributed by atoms with Gasteiger partial charge in [-0.05, 0) is 97.7 Å². The van der Waals surface area contributed by atoms with Gasteiger partial charge < -0.3 is 14.7 Å². The van der Waals surface area contributed by atoms with E-state index in [9.17, 15) is 9.90 Å². The zero-order valence-corrected chi connectivity index (χ0v) is 23.7. The maximum atomic E-state index is 12.6. The Morgan fingerprint density at radius 1 is 1.03 bits per heavy atom. The molecule has 2 heterocycles. The number of piperidine rings is 1. The van der Waals surface area contributed by atoms with Crippen LogP contribution in [0.3, 0.4) is 0 Å². The smallest absolute Gasteiger partial charge is 0.410 e. The zero-order valence-electron chi connectivity index (χ0n) is 23.7. The topological polar surface area (TPSA) is 59.5 Å². The van der Waals surface area contributed by atoms with E-state index in [0.29, 0.717) is 19.1 Å². The normalized spacial score (nSPS) is 32.4. The zero-order chi connectivity index (χ0) is 26.4. The highest BCUT2D eigenvalue weighted by atomic mass is 16.6. The number of likely N-dealkylation sites (tertiary alicyclic amines) is 1. The molecule has 7 nitrogen and oxygen atoms in total. The van der Waals surface area contributed by atoms with Crippen molar-refractivity contribution >= 4 is 6.09 Å². The van der Waals surface area contributed by atoms with Crippen molar-refractivity contribution < 1.29 is 14.6 Å². The lowest BCUT2D eigenvalue weighted by Gasteiger charge is -2.51. The Morgan fingerprint density at radius 2 is 1.65 bits per heavy atom. The first-order valence-corrected chi connectivity index (χ1v) is 14.4. The van der Waals surface area contributed by atoms with Crippen LogP contribution >= 0.6 is 0 Å². The summed E-state index contributed by atoms with van der Waals surface area (Å²) in [6.07, 6.45) is 8.00. The quantitative estimate of drug-likeness (QED) is 0.629. The lowest BCUT2D eigenvalue weighted by Crippen LogP contribution is -2.56. The second-order valence-corrected chi connectivity index (χ2v) is 13.3. The third kappa shape index (κ3) is 5.42. The molecule has 5 rings (SSSR count). The van der Waals surface area contributed by atoms with Crippen LogP contribution in [0, 0.1) is 5.92 Å². The van der Waals surface area contributed by atoms with Crippen molar-refractivity contribution in [3.63, 3.8) is 0 Å². The van der Waals surface area contributed by atoms with Crippen LogP contribution in [0.15, 0.2) is 30.3 Å². The summed E-state index contributed by atoms with van der Waals surface area (Å²) < 4.78 is 5.60. The van der Waals surface area contributed by atoms with Gasteiger partial charge in [0.2, 0.25) is 0 Å². The molecule has 1 N–H and O–H groups in total. The van der Waals surface area contributed by atoms with Crippen molar-refractivity contribution in [1.82, 2.24) is 19.6 Å². The van der Waals surface area contributed by atoms with Crippen LogP contribution in [0.5, 0.6) is 0 Å². The van der Waals surface area contributed by atoms with Gasteiger partial charge in [-0.1, -0.05) is 30.3 Å². The van der Waals surface area contributed by atoms with E-state index >= 15 is 0 Å². The van der Waals surface area contributed by atoms with E-state index in [2.05, 4.69) is 59.1 Å². The van der Waals surface area contributed by atoms with Crippen LogP contribution in [-0.4, -0.2) is 94.6 Å². The van der Waals surface area contributed by atoms with Crippen LogP contribution in [-0.2, 0) is 10.3 Å². The van der Waals surface area contributed by atoms with E-state index < -0.39 is 12.0 Å². The van der Waals surface area contributed by atoms with Crippen LogP contribution < -0.4 is 0 Å². The number of ether oxygens (including phenoxy) is 1. The van der Waals surface area contributed by atoms with E-state index in [0.717, 1.165) is 57.5 Å². The molecule has 2 aliphatic carbocycles. The van der Waals surface area contributed by atoms with Crippen LogP contribution in [0.2, 0.25) is 0 Å². The highest BCUT2D eigenvalue weighted by molar-refractivity contribution is 5.68. The lowest BCUT2D eigenvalue weighted by atomic mass is 9.68. The van der Waals surface area contributed by atoms with E-state index in [-0.39, 0.29) is 17.2 Å². The van der Waals surface area contributed by atoms with E-state index in [4.69, 9.17) is 4.74 Å². The van der Waals surface area contributed by atoms with E-state index in [1.165, 1.54) is 18.4 Å². The average molecular weight is 513 g/mol. The van der Waals surface area contributed by atoms with Crippen molar-refractivity contribution in [2.45, 2.75) is 101 Å². The Bertz CT molecular complexity index is 926. The van der Waals surface area contributed by atoms with E-state index in [1.807, 2.05) is 25.7 Å². The Balaban J connectivity index is 1.29. The highest BCUT2D eigenvalue weighted by Gasteiger charge is 2.56. The standard InChI is InChI=1S/C30H48N4O3/c1-28(2,3)37-27(36)32-19-13-25(14-20-32)33-22-29(34(26(33)35)21-23-11-12-23)15-17-30(18-16-29,31(4)5)24-9-7-6-8-10-24/h6-10,23,25-26,35H,11-22H2,1-5H3/t26?,29-,30+. The average Bonchev–Trinajstić information content (AvgIpc) is 3.65. The first kappa shape index (κ1) is 26.9. The molecule has 2 aliphatic heterocycles. The number of carbonyl (C=O) groups excluding carboxylic acids is 1. The van der Waals surface area contributed by atoms with Crippen molar-refractivity contribution in [3.05, 3.63) is 35.9 Å². The van der Waals surface area contributed by atoms with Crippen molar-refractivity contribution in [2.75, 3.05) is 40.3 Å². The predicted molar refractivity (Wildman–Crippen MR) is 146 cm³/mol. The summed E-state index contributed by atoms with van der Waals surface area (Å²) in [5, 5.41) is 11.7. The molecule has 1 aromatic rings. The van der Waals surface area contributed by atoms with Gasteiger partial charge >= 0.3 is 6.09 Å². The number of amides is 1. The second-order valence-electron chi connectivity index (χ2n) is 13.3. The van der Waals surface area contributed by atoms with Crippen molar-refractivity contribution in [1.29, 1.82) is 0 Å². The minimum absolute atomic E-state index is 0.0264. The molecule has 1 unspecified atom stereocenters. The Kier molecular flexibility index (Phi) is 7.38. The molecular formula is C30H48N4O3. The molecule has 7 heteroatoms. The molecule has 0 aromatic heterocycles. The van der Waals surface area contributed by atoms with Gasteiger partial charge in [-0.2, -0.15) is 0 Å². The molecule has 1 spiro atoms. The fraction of sp³-hybridized carbons (Fsp3) is 0.767. The van der Waals surface area contributed by atoms with Gasteiger partial charge in [-0.3, -0.25) is 14.7 Å². The molecule has 0 radical (unpaired) electrons. The molecule has 206 valence electrons. The molecule has 0 bridgehead atoms. The summed E-state index contributed by atoms with van der Waals surface area (Å²) in [7, 11) is 4.45. The Hall–Kier alpha value is -1.67. The maximum Gasteiger partial charge on any atom is 0.410 e. The number of aliphatic hydroxyl groups excluding tert-OH is 1. The second kappa shape index (κ2) is 10.1. The number of hydrogen-bond acceptors (Lipinski definition) is 6.